The Morgan fingerprint density at radius 3 is 2.53 bits per heavy atom. The molecule has 88 valence electrons. The highest BCUT2D eigenvalue weighted by Gasteiger charge is 2.33. The third-order valence-electron chi connectivity index (χ3n) is 3.68. The van der Waals surface area contributed by atoms with Crippen LogP contribution in [0, 0.1) is 11.8 Å². The predicted octanol–water partition coefficient (Wildman–Crippen LogP) is 2.93. The van der Waals surface area contributed by atoms with E-state index in [9.17, 15) is 9.90 Å². The van der Waals surface area contributed by atoms with Crippen LogP contribution in [0.25, 0.3) is 0 Å². The maximum atomic E-state index is 10.8. The minimum absolute atomic E-state index is 0.298. The van der Waals surface area contributed by atoms with Crippen molar-refractivity contribution in [2.24, 2.45) is 11.8 Å². The zero-order chi connectivity index (χ0) is 11.5. The van der Waals surface area contributed by atoms with Gasteiger partial charge in [0.2, 0.25) is 0 Å². The van der Waals surface area contributed by atoms with E-state index in [0.29, 0.717) is 11.7 Å². The molecule has 1 fully saturated rings. The number of Topliss-reactive ketones (excluding diaryl/α,β-unsaturated/α-hetero) is 1. The van der Waals surface area contributed by atoms with E-state index in [0.717, 1.165) is 38.0 Å². The van der Waals surface area contributed by atoms with Gasteiger partial charge in [0.1, 0.15) is 5.78 Å². The van der Waals surface area contributed by atoms with Crippen molar-refractivity contribution < 1.29 is 9.90 Å². The van der Waals surface area contributed by atoms with Gasteiger partial charge in [-0.05, 0) is 51.9 Å². The Morgan fingerprint density at radius 1 is 1.40 bits per heavy atom. The summed E-state index contributed by atoms with van der Waals surface area (Å²) in [5, 5.41) is 9.89. The molecule has 2 unspecified atom stereocenters. The quantitative estimate of drug-likeness (QED) is 0.760. The molecular formula is C13H24O2. The molecule has 0 radical (unpaired) electrons. The van der Waals surface area contributed by atoms with Crippen molar-refractivity contribution in [2.45, 2.75) is 64.9 Å². The summed E-state index contributed by atoms with van der Waals surface area (Å²) in [6.45, 7) is 5.49. The van der Waals surface area contributed by atoms with Crippen LogP contribution >= 0.6 is 0 Å². The molecule has 0 bridgehead atoms. The molecule has 0 aliphatic heterocycles. The predicted molar refractivity (Wildman–Crippen MR) is 61.7 cm³/mol. The van der Waals surface area contributed by atoms with Gasteiger partial charge in [0.15, 0.2) is 0 Å². The van der Waals surface area contributed by atoms with Gasteiger partial charge < -0.3 is 9.90 Å². The van der Waals surface area contributed by atoms with Gasteiger partial charge in [0.25, 0.3) is 0 Å². The number of carbonyl (C=O) groups is 1. The maximum Gasteiger partial charge on any atom is 0.129 e. The van der Waals surface area contributed by atoms with Gasteiger partial charge in [-0.1, -0.05) is 12.8 Å². The summed E-state index contributed by atoms with van der Waals surface area (Å²) in [7, 11) is 0. The van der Waals surface area contributed by atoms with E-state index in [-0.39, 0.29) is 0 Å². The van der Waals surface area contributed by atoms with Crippen molar-refractivity contribution in [3.05, 3.63) is 0 Å². The fourth-order valence-corrected chi connectivity index (χ4v) is 2.62. The van der Waals surface area contributed by atoms with E-state index >= 15 is 0 Å². The highest BCUT2D eigenvalue weighted by atomic mass is 16.3. The van der Waals surface area contributed by atoms with Gasteiger partial charge in [-0.3, -0.25) is 0 Å². The highest BCUT2D eigenvalue weighted by Crippen LogP contribution is 2.39. The van der Waals surface area contributed by atoms with Gasteiger partial charge in [-0.2, -0.15) is 0 Å². The first-order chi connectivity index (χ1) is 6.89. The number of rotatable bonds is 5. The second-order valence-corrected chi connectivity index (χ2v) is 5.62. The first-order valence-corrected chi connectivity index (χ1v) is 6.11. The monoisotopic (exact) mass is 212 g/mol. The summed E-state index contributed by atoms with van der Waals surface area (Å²) >= 11 is 0. The lowest BCUT2D eigenvalue weighted by Gasteiger charge is -2.25. The number of carbonyl (C=O) groups excluding carboxylic acids is 1. The van der Waals surface area contributed by atoms with Crippen molar-refractivity contribution in [1.82, 2.24) is 0 Å². The number of hydrogen-bond donors (Lipinski definition) is 1. The fraction of sp³-hybridized carbons (Fsp3) is 0.923. The van der Waals surface area contributed by atoms with Crippen LogP contribution in [0.1, 0.15) is 59.3 Å². The van der Waals surface area contributed by atoms with Crippen molar-refractivity contribution in [3.63, 3.8) is 0 Å². The topological polar surface area (TPSA) is 37.3 Å². The van der Waals surface area contributed by atoms with Gasteiger partial charge >= 0.3 is 0 Å². The molecule has 0 aromatic heterocycles. The highest BCUT2D eigenvalue weighted by molar-refractivity contribution is 5.75. The Hall–Kier alpha value is -0.370. The van der Waals surface area contributed by atoms with Crippen LogP contribution < -0.4 is 0 Å². The maximum absolute atomic E-state index is 10.8. The molecule has 1 saturated carbocycles. The minimum Gasteiger partial charge on any atom is -0.390 e. The van der Waals surface area contributed by atoms with Crippen LogP contribution in [-0.4, -0.2) is 16.5 Å². The minimum atomic E-state index is -0.519. The molecule has 0 amide bonds. The van der Waals surface area contributed by atoms with E-state index in [1.807, 2.05) is 13.8 Å². The lowest BCUT2D eigenvalue weighted by atomic mass is 9.88. The van der Waals surface area contributed by atoms with E-state index in [2.05, 4.69) is 0 Å². The molecule has 1 aliphatic rings. The molecule has 15 heavy (non-hydrogen) atoms. The summed E-state index contributed by atoms with van der Waals surface area (Å²) in [5.74, 6) is 1.49. The van der Waals surface area contributed by atoms with Crippen LogP contribution in [-0.2, 0) is 4.79 Å². The molecule has 2 heteroatoms. The van der Waals surface area contributed by atoms with Crippen molar-refractivity contribution in [3.8, 4) is 0 Å². The Kier molecular flexibility index (Phi) is 4.32. The van der Waals surface area contributed by atoms with E-state index in [1.54, 1.807) is 6.92 Å². The Labute approximate surface area is 93.1 Å². The Bertz CT molecular complexity index is 215. The molecule has 0 spiro atoms. The van der Waals surface area contributed by atoms with Crippen LogP contribution in [0.3, 0.4) is 0 Å². The second kappa shape index (κ2) is 5.11. The summed E-state index contributed by atoms with van der Waals surface area (Å²) < 4.78 is 0. The first kappa shape index (κ1) is 12.7. The number of hydrogen-bond acceptors (Lipinski definition) is 2. The average molecular weight is 212 g/mol. The van der Waals surface area contributed by atoms with Crippen LogP contribution in [0.4, 0.5) is 0 Å². The molecule has 0 heterocycles. The summed E-state index contributed by atoms with van der Waals surface area (Å²) in [5.41, 5.74) is -0.519. The van der Waals surface area contributed by atoms with Gasteiger partial charge in [-0.15, -0.1) is 0 Å². The van der Waals surface area contributed by atoms with E-state index in [1.165, 1.54) is 6.42 Å². The van der Waals surface area contributed by atoms with Crippen LogP contribution in [0.15, 0.2) is 0 Å². The third-order valence-corrected chi connectivity index (χ3v) is 3.68. The molecule has 0 saturated heterocycles. The standard InChI is InChI=1S/C13H24O2/c1-10(14)5-4-6-11-7-8-12(9-11)13(2,3)15/h11-12,15H,4-9H2,1-3H3. The Balaban J connectivity index is 2.22. The molecule has 1 rings (SSSR count). The van der Waals surface area contributed by atoms with Crippen LogP contribution in [0.2, 0.25) is 0 Å². The average Bonchev–Trinajstić information content (AvgIpc) is 2.51. The molecular weight excluding hydrogens is 188 g/mol. The third kappa shape index (κ3) is 4.33. The summed E-state index contributed by atoms with van der Waals surface area (Å²) in [6.07, 6.45) is 6.43. The summed E-state index contributed by atoms with van der Waals surface area (Å²) in [4.78, 5) is 10.8. The SMILES string of the molecule is CC(=O)CCCC1CCC(C(C)(C)O)C1. The Morgan fingerprint density at radius 2 is 2.07 bits per heavy atom. The normalized spacial score (nSPS) is 26.9. The molecule has 2 nitrogen and oxygen atoms in total. The number of ketones is 1. The van der Waals surface area contributed by atoms with E-state index in [4.69, 9.17) is 0 Å². The van der Waals surface area contributed by atoms with Crippen molar-refractivity contribution in [2.75, 3.05) is 0 Å². The largest absolute Gasteiger partial charge is 0.390 e. The second-order valence-electron chi connectivity index (χ2n) is 5.62. The lowest BCUT2D eigenvalue weighted by molar-refractivity contribution is -0.117. The smallest absolute Gasteiger partial charge is 0.129 e. The molecule has 0 aromatic rings. The van der Waals surface area contributed by atoms with E-state index < -0.39 is 5.60 Å². The van der Waals surface area contributed by atoms with Crippen LogP contribution in [0.5, 0.6) is 0 Å². The first-order valence-electron chi connectivity index (χ1n) is 6.11. The zero-order valence-electron chi connectivity index (χ0n) is 10.3. The van der Waals surface area contributed by atoms with Crippen molar-refractivity contribution in [1.29, 1.82) is 0 Å². The molecule has 1 N–H and O–H groups in total. The zero-order valence-corrected chi connectivity index (χ0v) is 10.3. The van der Waals surface area contributed by atoms with Crippen molar-refractivity contribution >= 4 is 5.78 Å². The molecule has 0 aromatic carbocycles. The van der Waals surface area contributed by atoms with Gasteiger partial charge in [-0.25, -0.2) is 0 Å². The molecule has 1 aliphatic carbocycles. The molecule has 2 atom stereocenters. The van der Waals surface area contributed by atoms with Gasteiger partial charge in [0.05, 0.1) is 5.60 Å². The number of aliphatic hydroxyl groups is 1. The fourth-order valence-electron chi connectivity index (χ4n) is 2.62. The van der Waals surface area contributed by atoms with Gasteiger partial charge in [0, 0.05) is 6.42 Å². The lowest BCUT2D eigenvalue weighted by Crippen LogP contribution is -2.28. The summed E-state index contributed by atoms with van der Waals surface area (Å²) in [6, 6.07) is 0.